The first-order chi connectivity index (χ1) is 8.20. The Morgan fingerprint density at radius 2 is 2.18 bits per heavy atom. The lowest BCUT2D eigenvalue weighted by molar-refractivity contribution is 0.833. The molecule has 0 bridgehead atoms. The number of benzene rings is 1. The van der Waals surface area contributed by atoms with Crippen LogP contribution in [0.5, 0.6) is 0 Å². The van der Waals surface area contributed by atoms with E-state index in [0.29, 0.717) is 16.6 Å². The summed E-state index contributed by atoms with van der Waals surface area (Å²) in [5, 5.41) is 4.21. The highest BCUT2D eigenvalue weighted by Crippen LogP contribution is 2.26. The molecule has 2 rings (SSSR count). The predicted octanol–water partition coefficient (Wildman–Crippen LogP) is 4.12. The minimum Gasteiger partial charge on any atom is -0.326 e. The number of anilines is 2. The van der Waals surface area contributed by atoms with Crippen LogP contribution in [0.15, 0.2) is 43.2 Å². The van der Waals surface area contributed by atoms with Crippen molar-refractivity contribution >= 4 is 34.8 Å². The molecule has 0 unspecified atom stereocenters. The maximum Gasteiger partial charge on any atom is 0.207 e. The fraction of sp³-hybridized carbons (Fsp3) is 0.0833. The Labute approximate surface area is 110 Å². The van der Waals surface area contributed by atoms with Gasteiger partial charge in [-0.1, -0.05) is 29.3 Å². The van der Waals surface area contributed by atoms with Crippen LogP contribution < -0.4 is 5.32 Å². The number of halogens is 2. The summed E-state index contributed by atoms with van der Waals surface area (Å²) in [7, 11) is 0. The Balaban J connectivity index is 2.22. The van der Waals surface area contributed by atoms with E-state index in [1.165, 1.54) is 0 Å². The number of hydrogen-bond acceptors (Lipinski definition) is 2. The molecule has 0 radical (unpaired) electrons. The number of allylic oxidation sites excluding steroid dienone is 1. The summed E-state index contributed by atoms with van der Waals surface area (Å²) in [6, 6.07) is 5.35. The first-order valence-electron chi connectivity index (χ1n) is 5.05. The molecule has 0 amide bonds. The highest BCUT2D eigenvalue weighted by atomic mass is 35.5. The summed E-state index contributed by atoms with van der Waals surface area (Å²) in [5.41, 5.74) is 0.843. The summed E-state index contributed by atoms with van der Waals surface area (Å²) in [4.78, 5) is 4.21. The molecule has 0 saturated carbocycles. The van der Waals surface area contributed by atoms with Gasteiger partial charge in [0.25, 0.3) is 0 Å². The van der Waals surface area contributed by atoms with Crippen molar-refractivity contribution in [3.63, 3.8) is 0 Å². The van der Waals surface area contributed by atoms with Crippen LogP contribution >= 0.6 is 23.2 Å². The Kier molecular flexibility index (Phi) is 3.71. The molecule has 1 aromatic heterocycles. The molecule has 3 nitrogen and oxygen atoms in total. The van der Waals surface area contributed by atoms with Gasteiger partial charge < -0.3 is 9.88 Å². The SMILES string of the molecule is C=CCn1ccnc1Nc1ccc(Cl)c(Cl)c1. The van der Waals surface area contributed by atoms with E-state index in [1.54, 1.807) is 18.3 Å². The molecule has 0 aliphatic carbocycles. The maximum atomic E-state index is 5.94. The molecule has 0 fully saturated rings. The van der Waals surface area contributed by atoms with Gasteiger partial charge in [0, 0.05) is 24.6 Å². The predicted molar refractivity (Wildman–Crippen MR) is 72.2 cm³/mol. The van der Waals surface area contributed by atoms with E-state index in [0.717, 1.165) is 11.6 Å². The Bertz CT molecular complexity index is 534. The summed E-state index contributed by atoms with van der Waals surface area (Å²) in [5.74, 6) is 0.739. The van der Waals surface area contributed by atoms with Crippen LogP contribution in [0.25, 0.3) is 0 Å². The van der Waals surface area contributed by atoms with Crippen LogP contribution in [0.1, 0.15) is 0 Å². The summed E-state index contributed by atoms with van der Waals surface area (Å²) >= 11 is 11.8. The number of aromatic nitrogens is 2. The van der Waals surface area contributed by atoms with E-state index in [-0.39, 0.29) is 0 Å². The summed E-state index contributed by atoms with van der Waals surface area (Å²) in [6.45, 7) is 4.39. The molecule has 88 valence electrons. The number of hydrogen-bond donors (Lipinski definition) is 1. The molecular weight excluding hydrogens is 257 g/mol. The zero-order chi connectivity index (χ0) is 12.3. The molecular formula is C12H11Cl2N3. The molecule has 0 spiro atoms. The van der Waals surface area contributed by atoms with E-state index in [9.17, 15) is 0 Å². The van der Waals surface area contributed by atoms with E-state index in [2.05, 4.69) is 16.9 Å². The Morgan fingerprint density at radius 3 is 2.88 bits per heavy atom. The number of nitrogens with zero attached hydrogens (tertiary/aromatic N) is 2. The molecule has 5 heteroatoms. The maximum absolute atomic E-state index is 5.94. The van der Waals surface area contributed by atoms with Crippen LogP contribution in [0.3, 0.4) is 0 Å². The monoisotopic (exact) mass is 267 g/mol. The molecule has 17 heavy (non-hydrogen) atoms. The number of rotatable bonds is 4. The summed E-state index contributed by atoms with van der Waals surface area (Å²) in [6.07, 6.45) is 5.41. The van der Waals surface area contributed by atoms with Crippen molar-refractivity contribution in [1.82, 2.24) is 9.55 Å². The van der Waals surface area contributed by atoms with Crippen LogP contribution in [0.2, 0.25) is 10.0 Å². The van der Waals surface area contributed by atoms with E-state index < -0.39 is 0 Å². The largest absolute Gasteiger partial charge is 0.326 e. The fourth-order valence-corrected chi connectivity index (χ4v) is 1.72. The molecule has 2 aromatic rings. The second kappa shape index (κ2) is 5.25. The second-order valence-corrected chi connectivity index (χ2v) is 4.26. The Hall–Kier alpha value is -1.45. The van der Waals surface area contributed by atoms with Crippen molar-refractivity contribution < 1.29 is 0 Å². The minimum atomic E-state index is 0.512. The van der Waals surface area contributed by atoms with Crippen LogP contribution in [0.4, 0.5) is 11.6 Å². The van der Waals surface area contributed by atoms with Crippen molar-refractivity contribution in [3.8, 4) is 0 Å². The zero-order valence-corrected chi connectivity index (χ0v) is 10.5. The van der Waals surface area contributed by atoms with Crippen molar-refractivity contribution in [1.29, 1.82) is 0 Å². The third kappa shape index (κ3) is 2.81. The smallest absolute Gasteiger partial charge is 0.207 e. The molecule has 1 N–H and O–H groups in total. The molecule has 1 heterocycles. The topological polar surface area (TPSA) is 29.9 Å². The quantitative estimate of drug-likeness (QED) is 0.845. The lowest BCUT2D eigenvalue weighted by Gasteiger charge is -2.08. The number of nitrogens with one attached hydrogen (secondary N) is 1. The van der Waals surface area contributed by atoms with Crippen molar-refractivity contribution in [2.24, 2.45) is 0 Å². The van der Waals surface area contributed by atoms with E-state index in [4.69, 9.17) is 23.2 Å². The first kappa shape index (κ1) is 12.0. The molecule has 0 atom stereocenters. The second-order valence-electron chi connectivity index (χ2n) is 3.45. The van der Waals surface area contributed by atoms with E-state index in [1.807, 2.05) is 22.9 Å². The van der Waals surface area contributed by atoms with Gasteiger partial charge in [0.15, 0.2) is 0 Å². The van der Waals surface area contributed by atoms with Gasteiger partial charge in [-0.05, 0) is 18.2 Å². The van der Waals surface area contributed by atoms with Gasteiger partial charge >= 0.3 is 0 Å². The minimum absolute atomic E-state index is 0.512. The summed E-state index contributed by atoms with van der Waals surface area (Å²) < 4.78 is 1.94. The zero-order valence-electron chi connectivity index (χ0n) is 9.03. The Morgan fingerprint density at radius 1 is 1.35 bits per heavy atom. The molecule has 0 aliphatic heterocycles. The van der Waals surface area contributed by atoms with Gasteiger partial charge in [0.1, 0.15) is 0 Å². The van der Waals surface area contributed by atoms with Crippen molar-refractivity contribution in [2.75, 3.05) is 5.32 Å². The van der Waals surface area contributed by atoms with Crippen molar-refractivity contribution in [3.05, 3.63) is 53.3 Å². The van der Waals surface area contributed by atoms with Crippen molar-refractivity contribution in [2.45, 2.75) is 6.54 Å². The average molecular weight is 268 g/mol. The van der Waals surface area contributed by atoms with Crippen LogP contribution in [-0.2, 0) is 6.54 Å². The highest BCUT2D eigenvalue weighted by Gasteiger charge is 2.03. The standard InChI is InChI=1S/C12H11Cl2N3/c1-2-6-17-7-5-15-12(17)16-9-3-4-10(13)11(14)8-9/h2-5,7-8H,1,6H2,(H,15,16). The van der Waals surface area contributed by atoms with Crippen LogP contribution in [0, 0.1) is 0 Å². The molecule has 1 aromatic carbocycles. The van der Waals surface area contributed by atoms with E-state index >= 15 is 0 Å². The highest BCUT2D eigenvalue weighted by molar-refractivity contribution is 6.42. The van der Waals surface area contributed by atoms with Gasteiger partial charge in [0.2, 0.25) is 5.95 Å². The van der Waals surface area contributed by atoms with Gasteiger partial charge in [-0.25, -0.2) is 4.98 Å². The molecule has 0 aliphatic rings. The van der Waals surface area contributed by atoms with Gasteiger partial charge in [0.05, 0.1) is 10.0 Å². The first-order valence-corrected chi connectivity index (χ1v) is 5.80. The number of imidazole rings is 1. The third-order valence-electron chi connectivity index (χ3n) is 2.22. The third-order valence-corrected chi connectivity index (χ3v) is 2.96. The average Bonchev–Trinajstić information content (AvgIpc) is 2.72. The van der Waals surface area contributed by atoms with Gasteiger partial charge in [-0.2, -0.15) is 0 Å². The lowest BCUT2D eigenvalue weighted by atomic mass is 10.3. The molecule has 0 saturated heterocycles. The van der Waals surface area contributed by atoms with Gasteiger partial charge in [-0.15, -0.1) is 6.58 Å². The lowest BCUT2D eigenvalue weighted by Crippen LogP contribution is -2.01. The normalized spacial score (nSPS) is 10.2. The van der Waals surface area contributed by atoms with Crippen LogP contribution in [-0.4, -0.2) is 9.55 Å². The van der Waals surface area contributed by atoms with Gasteiger partial charge in [-0.3, -0.25) is 0 Å². The fourth-order valence-electron chi connectivity index (χ4n) is 1.42.